The summed E-state index contributed by atoms with van der Waals surface area (Å²) in [5, 5.41) is 0.869. The van der Waals surface area contributed by atoms with Gasteiger partial charge in [-0.25, -0.2) is 8.42 Å². The fraction of sp³-hybridized carbons (Fsp3) is 0.409. The van der Waals surface area contributed by atoms with Gasteiger partial charge in [0.25, 0.3) is 5.91 Å². The van der Waals surface area contributed by atoms with Crippen molar-refractivity contribution in [2.75, 3.05) is 26.3 Å². The first-order valence-corrected chi connectivity index (χ1v) is 12.2. The molecule has 9 heteroatoms. The Morgan fingerprint density at radius 2 is 1.77 bits per heavy atom. The number of sulfonamides is 1. The van der Waals surface area contributed by atoms with Gasteiger partial charge in [0, 0.05) is 31.2 Å². The zero-order valence-corrected chi connectivity index (χ0v) is 20.1. The first-order chi connectivity index (χ1) is 14.6. The topological polar surface area (TPSA) is 66.9 Å². The molecule has 1 heterocycles. The number of morpholine rings is 1. The van der Waals surface area contributed by atoms with Crippen LogP contribution in [-0.2, 0) is 21.3 Å². The Balaban J connectivity index is 1.92. The molecule has 0 saturated carbocycles. The van der Waals surface area contributed by atoms with E-state index in [-0.39, 0.29) is 16.8 Å². The van der Waals surface area contributed by atoms with Gasteiger partial charge in [0.1, 0.15) is 0 Å². The Kier molecular flexibility index (Phi) is 7.65. The Bertz CT molecular complexity index is 1070. The van der Waals surface area contributed by atoms with Gasteiger partial charge in [0.05, 0.1) is 28.2 Å². The van der Waals surface area contributed by atoms with Crippen LogP contribution in [0.3, 0.4) is 0 Å². The Morgan fingerprint density at radius 1 is 1.10 bits per heavy atom. The molecule has 168 valence electrons. The summed E-state index contributed by atoms with van der Waals surface area (Å²) in [4.78, 5) is 15.2. The number of hydrogen-bond acceptors (Lipinski definition) is 4. The lowest BCUT2D eigenvalue weighted by molar-refractivity contribution is 0.0689. The zero-order chi connectivity index (χ0) is 22.8. The van der Waals surface area contributed by atoms with E-state index < -0.39 is 10.0 Å². The van der Waals surface area contributed by atoms with E-state index in [0.29, 0.717) is 54.0 Å². The first kappa shape index (κ1) is 24.0. The molecule has 31 heavy (non-hydrogen) atoms. The van der Waals surface area contributed by atoms with Crippen LogP contribution in [0.4, 0.5) is 0 Å². The average molecular weight is 485 g/mol. The minimum absolute atomic E-state index is 0.109. The molecule has 0 bridgehead atoms. The summed E-state index contributed by atoms with van der Waals surface area (Å²) in [6.45, 7) is 7.21. The van der Waals surface area contributed by atoms with Crippen LogP contribution in [0.2, 0.25) is 10.0 Å². The molecular weight excluding hydrogens is 459 g/mol. The van der Waals surface area contributed by atoms with Gasteiger partial charge < -0.3 is 9.64 Å². The van der Waals surface area contributed by atoms with Crippen LogP contribution in [0.1, 0.15) is 35.3 Å². The third-order valence-electron chi connectivity index (χ3n) is 5.24. The number of amides is 1. The maximum Gasteiger partial charge on any atom is 0.254 e. The molecule has 1 aliphatic heterocycles. The van der Waals surface area contributed by atoms with Gasteiger partial charge in [-0.05, 0) is 56.2 Å². The molecule has 2 aromatic rings. The molecule has 1 amide bonds. The number of hydrogen-bond donors (Lipinski definition) is 0. The molecule has 0 spiro atoms. The van der Waals surface area contributed by atoms with Crippen molar-refractivity contribution in [3.63, 3.8) is 0 Å². The van der Waals surface area contributed by atoms with Crippen molar-refractivity contribution in [3.05, 3.63) is 63.1 Å². The van der Waals surface area contributed by atoms with E-state index in [1.165, 1.54) is 10.4 Å². The molecule has 1 fully saturated rings. The standard InChI is InChI=1S/C22H26Cl2N2O4S/c1-15(2)26(14-17-5-7-19(23)20(24)12-17)22(27)18-6-4-16(3)21(13-18)31(28,29)25-8-10-30-11-9-25/h4-7,12-13,15H,8-11,14H2,1-3H3. The summed E-state index contributed by atoms with van der Waals surface area (Å²) >= 11 is 12.1. The second-order valence-electron chi connectivity index (χ2n) is 7.77. The van der Waals surface area contributed by atoms with Crippen molar-refractivity contribution in [2.24, 2.45) is 0 Å². The molecule has 2 aromatic carbocycles. The maximum absolute atomic E-state index is 13.3. The van der Waals surface area contributed by atoms with Crippen molar-refractivity contribution in [2.45, 2.75) is 38.3 Å². The average Bonchev–Trinajstić information content (AvgIpc) is 2.74. The van der Waals surface area contributed by atoms with Crippen LogP contribution >= 0.6 is 23.2 Å². The van der Waals surface area contributed by atoms with Crippen LogP contribution in [0.5, 0.6) is 0 Å². The number of carbonyl (C=O) groups is 1. The summed E-state index contributed by atoms with van der Waals surface area (Å²) in [5.41, 5.74) is 1.76. The van der Waals surface area contributed by atoms with E-state index in [4.69, 9.17) is 27.9 Å². The van der Waals surface area contributed by atoms with Crippen LogP contribution in [0.25, 0.3) is 0 Å². The monoisotopic (exact) mass is 484 g/mol. The molecule has 0 unspecified atom stereocenters. The van der Waals surface area contributed by atoms with Gasteiger partial charge >= 0.3 is 0 Å². The highest BCUT2D eigenvalue weighted by Crippen LogP contribution is 2.26. The lowest BCUT2D eigenvalue weighted by Gasteiger charge is -2.28. The van der Waals surface area contributed by atoms with E-state index in [1.807, 2.05) is 19.9 Å². The normalized spacial score (nSPS) is 15.3. The van der Waals surface area contributed by atoms with E-state index in [1.54, 1.807) is 36.1 Å². The lowest BCUT2D eigenvalue weighted by Crippen LogP contribution is -2.41. The van der Waals surface area contributed by atoms with Crippen LogP contribution in [-0.4, -0.2) is 55.9 Å². The van der Waals surface area contributed by atoms with Crippen molar-refractivity contribution < 1.29 is 17.9 Å². The number of aryl methyl sites for hydroxylation is 1. The van der Waals surface area contributed by atoms with Gasteiger partial charge in [-0.1, -0.05) is 35.3 Å². The van der Waals surface area contributed by atoms with Gasteiger partial charge in [0.15, 0.2) is 0 Å². The predicted octanol–water partition coefficient (Wildman–Crippen LogP) is 4.37. The molecule has 0 atom stereocenters. The van der Waals surface area contributed by atoms with Gasteiger partial charge in [-0.15, -0.1) is 0 Å². The summed E-state index contributed by atoms with van der Waals surface area (Å²) in [7, 11) is -3.71. The highest BCUT2D eigenvalue weighted by Gasteiger charge is 2.29. The van der Waals surface area contributed by atoms with Crippen molar-refractivity contribution in [1.82, 2.24) is 9.21 Å². The van der Waals surface area contributed by atoms with Crippen LogP contribution < -0.4 is 0 Å². The fourth-order valence-electron chi connectivity index (χ4n) is 3.43. The third-order valence-corrected chi connectivity index (χ3v) is 8.02. The Morgan fingerprint density at radius 3 is 2.39 bits per heavy atom. The summed E-state index contributed by atoms with van der Waals surface area (Å²) in [6.07, 6.45) is 0. The number of nitrogens with zero attached hydrogens (tertiary/aromatic N) is 2. The van der Waals surface area contributed by atoms with Crippen molar-refractivity contribution >= 4 is 39.1 Å². The second-order valence-corrected chi connectivity index (χ2v) is 10.5. The minimum atomic E-state index is -3.71. The summed E-state index contributed by atoms with van der Waals surface area (Å²) < 4.78 is 33.0. The Labute approximate surface area is 193 Å². The summed E-state index contributed by atoms with van der Waals surface area (Å²) in [6, 6.07) is 9.96. The van der Waals surface area contributed by atoms with Crippen LogP contribution in [0, 0.1) is 6.92 Å². The smallest absolute Gasteiger partial charge is 0.254 e. The first-order valence-electron chi connectivity index (χ1n) is 10.0. The zero-order valence-electron chi connectivity index (χ0n) is 17.8. The quantitative estimate of drug-likeness (QED) is 0.610. The van der Waals surface area contributed by atoms with Crippen molar-refractivity contribution in [1.29, 1.82) is 0 Å². The number of benzene rings is 2. The SMILES string of the molecule is Cc1ccc(C(=O)N(Cc2ccc(Cl)c(Cl)c2)C(C)C)cc1S(=O)(=O)N1CCOCC1. The number of rotatable bonds is 6. The Hall–Kier alpha value is -1.64. The number of carbonyl (C=O) groups excluding carboxylic acids is 1. The third kappa shape index (κ3) is 5.41. The number of ether oxygens (including phenoxy) is 1. The van der Waals surface area contributed by atoms with E-state index in [9.17, 15) is 13.2 Å². The molecule has 1 aliphatic rings. The molecular formula is C22H26Cl2N2O4S. The molecule has 6 nitrogen and oxygen atoms in total. The van der Waals surface area contributed by atoms with Gasteiger partial charge in [-0.3, -0.25) is 4.79 Å². The highest BCUT2D eigenvalue weighted by atomic mass is 35.5. The number of halogens is 2. The molecule has 3 rings (SSSR count). The van der Waals surface area contributed by atoms with Gasteiger partial charge in [-0.2, -0.15) is 4.31 Å². The summed E-state index contributed by atoms with van der Waals surface area (Å²) in [5.74, 6) is -0.250. The van der Waals surface area contributed by atoms with E-state index >= 15 is 0 Å². The van der Waals surface area contributed by atoms with E-state index in [2.05, 4.69) is 0 Å². The lowest BCUT2D eigenvalue weighted by atomic mass is 10.1. The molecule has 1 saturated heterocycles. The fourth-order valence-corrected chi connectivity index (χ4v) is 5.41. The van der Waals surface area contributed by atoms with Crippen LogP contribution in [0.15, 0.2) is 41.3 Å². The molecule has 0 aromatic heterocycles. The molecule has 0 radical (unpaired) electrons. The maximum atomic E-state index is 13.3. The molecule has 0 aliphatic carbocycles. The second kappa shape index (κ2) is 9.88. The van der Waals surface area contributed by atoms with Gasteiger partial charge in [0.2, 0.25) is 10.0 Å². The predicted molar refractivity (Wildman–Crippen MR) is 122 cm³/mol. The van der Waals surface area contributed by atoms with Crippen molar-refractivity contribution in [3.8, 4) is 0 Å². The largest absolute Gasteiger partial charge is 0.379 e. The van der Waals surface area contributed by atoms with E-state index in [0.717, 1.165) is 5.56 Å². The minimum Gasteiger partial charge on any atom is -0.379 e. The molecule has 0 N–H and O–H groups in total. The highest BCUT2D eigenvalue weighted by molar-refractivity contribution is 7.89.